The fourth-order valence-electron chi connectivity index (χ4n) is 1.24. The average molecular weight is 227 g/mol. The minimum Gasteiger partial charge on any atom is -0.356 e. The lowest BCUT2D eigenvalue weighted by Crippen LogP contribution is -2.29. The molecule has 2 nitrogen and oxygen atoms in total. The van der Waals surface area contributed by atoms with Gasteiger partial charge in [0.05, 0.1) is 6.42 Å². The van der Waals surface area contributed by atoms with E-state index in [4.69, 9.17) is 0 Å². The molecule has 0 saturated heterocycles. The van der Waals surface area contributed by atoms with Crippen molar-refractivity contribution in [3.05, 3.63) is 35.4 Å². The summed E-state index contributed by atoms with van der Waals surface area (Å²) in [6.45, 7) is 4.46. The number of carbonyl (C=O) groups is 1. The molecule has 1 N–H and O–H groups in total. The van der Waals surface area contributed by atoms with Gasteiger partial charge in [-0.2, -0.15) is 0 Å². The van der Waals surface area contributed by atoms with Gasteiger partial charge < -0.3 is 5.32 Å². The Morgan fingerprint density at radius 2 is 2.06 bits per heavy atom. The summed E-state index contributed by atoms with van der Waals surface area (Å²) >= 11 is 0. The van der Waals surface area contributed by atoms with Crippen molar-refractivity contribution < 1.29 is 13.6 Å². The van der Waals surface area contributed by atoms with Crippen molar-refractivity contribution in [1.82, 2.24) is 5.32 Å². The molecule has 1 amide bonds. The summed E-state index contributed by atoms with van der Waals surface area (Å²) in [5.74, 6) is -1.82. The van der Waals surface area contributed by atoms with Crippen LogP contribution in [0.15, 0.2) is 18.2 Å². The minimum absolute atomic E-state index is 0.0845. The number of hydrogen-bond acceptors (Lipinski definition) is 1. The number of nitrogens with one attached hydrogen (secondary N) is 1. The molecule has 0 fully saturated rings. The number of rotatable bonds is 4. The molecule has 1 aromatic carbocycles. The Morgan fingerprint density at radius 1 is 1.38 bits per heavy atom. The van der Waals surface area contributed by atoms with E-state index in [-0.39, 0.29) is 17.9 Å². The number of benzene rings is 1. The van der Waals surface area contributed by atoms with E-state index in [0.29, 0.717) is 12.5 Å². The van der Waals surface area contributed by atoms with Crippen LogP contribution in [-0.2, 0) is 11.2 Å². The third-order valence-electron chi connectivity index (χ3n) is 2.09. The minimum atomic E-state index is -0.942. The lowest BCUT2D eigenvalue weighted by molar-refractivity contribution is -0.120. The molecule has 0 aromatic heterocycles. The van der Waals surface area contributed by atoms with Crippen molar-refractivity contribution in [3.63, 3.8) is 0 Å². The molecule has 0 radical (unpaired) electrons. The summed E-state index contributed by atoms with van der Waals surface area (Å²) in [5.41, 5.74) is 0.0845. The van der Waals surface area contributed by atoms with Crippen LogP contribution in [0, 0.1) is 17.6 Å². The number of amides is 1. The Kier molecular flexibility index (Phi) is 4.40. The van der Waals surface area contributed by atoms with Crippen LogP contribution in [0.3, 0.4) is 0 Å². The maximum Gasteiger partial charge on any atom is 0.224 e. The highest BCUT2D eigenvalue weighted by Crippen LogP contribution is 2.11. The lowest BCUT2D eigenvalue weighted by atomic mass is 10.1. The SMILES string of the molecule is CC(C)CNC(=O)Cc1cccc(F)c1F. The third kappa shape index (κ3) is 3.61. The van der Waals surface area contributed by atoms with E-state index in [9.17, 15) is 13.6 Å². The maximum atomic E-state index is 13.2. The Labute approximate surface area is 93.7 Å². The van der Waals surface area contributed by atoms with Gasteiger partial charge in [0.25, 0.3) is 0 Å². The molecule has 16 heavy (non-hydrogen) atoms. The quantitative estimate of drug-likeness (QED) is 0.840. The topological polar surface area (TPSA) is 29.1 Å². The second-order valence-corrected chi connectivity index (χ2v) is 4.09. The third-order valence-corrected chi connectivity index (χ3v) is 2.09. The Bertz CT molecular complexity index is 377. The van der Waals surface area contributed by atoms with Crippen LogP contribution in [0.2, 0.25) is 0 Å². The molecule has 1 rings (SSSR count). The smallest absolute Gasteiger partial charge is 0.224 e. The molecule has 4 heteroatoms. The molecular formula is C12H15F2NO. The van der Waals surface area contributed by atoms with E-state index >= 15 is 0 Å². The van der Waals surface area contributed by atoms with Crippen molar-refractivity contribution >= 4 is 5.91 Å². The summed E-state index contributed by atoms with van der Waals surface area (Å²) in [7, 11) is 0. The molecule has 0 aliphatic heterocycles. The second kappa shape index (κ2) is 5.58. The van der Waals surface area contributed by atoms with Gasteiger partial charge in [-0.1, -0.05) is 26.0 Å². The van der Waals surface area contributed by atoms with Crippen molar-refractivity contribution in [2.45, 2.75) is 20.3 Å². The predicted octanol–water partition coefficient (Wildman–Crippen LogP) is 2.28. The zero-order chi connectivity index (χ0) is 12.1. The van der Waals surface area contributed by atoms with Crippen LogP contribution in [0.4, 0.5) is 8.78 Å². The zero-order valence-electron chi connectivity index (χ0n) is 9.39. The summed E-state index contributed by atoms with van der Waals surface area (Å²) in [4.78, 5) is 11.4. The van der Waals surface area contributed by atoms with Gasteiger partial charge in [0, 0.05) is 12.1 Å². The highest BCUT2D eigenvalue weighted by atomic mass is 19.2. The largest absolute Gasteiger partial charge is 0.356 e. The van der Waals surface area contributed by atoms with Gasteiger partial charge >= 0.3 is 0 Å². The molecule has 0 aliphatic carbocycles. The summed E-state index contributed by atoms with van der Waals surface area (Å²) < 4.78 is 26.0. The first-order valence-electron chi connectivity index (χ1n) is 5.20. The maximum absolute atomic E-state index is 13.2. The molecule has 88 valence electrons. The molecule has 0 aliphatic rings. The fraction of sp³-hybridized carbons (Fsp3) is 0.417. The van der Waals surface area contributed by atoms with Gasteiger partial charge in [0.1, 0.15) is 0 Å². The number of halogens is 2. The molecule has 0 saturated carbocycles. The van der Waals surface area contributed by atoms with Crippen molar-refractivity contribution in [2.75, 3.05) is 6.54 Å². The standard InChI is InChI=1S/C12H15F2NO/c1-8(2)7-15-11(16)6-9-4-3-5-10(13)12(9)14/h3-5,8H,6-7H2,1-2H3,(H,15,16). The van der Waals surface area contributed by atoms with Gasteiger partial charge in [0.2, 0.25) is 5.91 Å². The average Bonchev–Trinajstić information content (AvgIpc) is 2.22. The zero-order valence-corrected chi connectivity index (χ0v) is 9.39. The van der Waals surface area contributed by atoms with Crippen molar-refractivity contribution in [1.29, 1.82) is 0 Å². The van der Waals surface area contributed by atoms with Gasteiger partial charge in [0.15, 0.2) is 11.6 Å². The molecule has 1 aromatic rings. The molecule has 0 heterocycles. The normalized spacial score (nSPS) is 10.6. The summed E-state index contributed by atoms with van der Waals surface area (Å²) in [6.07, 6.45) is -0.129. The number of carbonyl (C=O) groups excluding carboxylic acids is 1. The second-order valence-electron chi connectivity index (χ2n) is 4.09. The first-order chi connectivity index (χ1) is 7.50. The van der Waals surface area contributed by atoms with Crippen molar-refractivity contribution in [3.8, 4) is 0 Å². The molecule has 0 spiro atoms. The molecule has 0 atom stereocenters. The van der Waals surface area contributed by atoms with Gasteiger partial charge in [-0.3, -0.25) is 4.79 Å². The molecular weight excluding hydrogens is 212 g/mol. The lowest BCUT2D eigenvalue weighted by Gasteiger charge is -2.08. The van der Waals surface area contributed by atoms with E-state index in [0.717, 1.165) is 6.07 Å². The monoisotopic (exact) mass is 227 g/mol. The first-order valence-corrected chi connectivity index (χ1v) is 5.20. The van der Waals surface area contributed by atoms with Crippen LogP contribution in [0.1, 0.15) is 19.4 Å². The predicted molar refractivity (Wildman–Crippen MR) is 57.9 cm³/mol. The Hall–Kier alpha value is -1.45. The van der Waals surface area contributed by atoms with E-state index < -0.39 is 11.6 Å². The summed E-state index contributed by atoms with van der Waals surface area (Å²) in [5, 5.41) is 2.65. The molecule has 0 unspecified atom stereocenters. The number of hydrogen-bond donors (Lipinski definition) is 1. The van der Waals surface area contributed by atoms with Crippen LogP contribution >= 0.6 is 0 Å². The first kappa shape index (κ1) is 12.6. The van der Waals surface area contributed by atoms with Gasteiger partial charge in [-0.05, 0) is 12.0 Å². The van der Waals surface area contributed by atoms with E-state index in [1.807, 2.05) is 13.8 Å². The highest BCUT2D eigenvalue weighted by molar-refractivity contribution is 5.78. The Morgan fingerprint density at radius 3 is 2.69 bits per heavy atom. The van der Waals surface area contributed by atoms with Gasteiger partial charge in [-0.25, -0.2) is 8.78 Å². The van der Waals surface area contributed by atoms with Gasteiger partial charge in [-0.15, -0.1) is 0 Å². The van der Waals surface area contributed by atoms with Crippen molar-refractivity contribution in [2.24, 2.45) is 5.92 Å². The van der Waals surface area contributed by atoms with E-state index in [1.54, 1.807) is 0 Å². The highest BCUT2D eigenvalue weighted by Gasteiger charge is 2.11. The van der Waals surface area contributed by atoms with Crippen LogP contribution in [0.5, 0.6) is 0 Å². The summed E-state index contributed by atoms with van der Waals surface area (Å²) in [6, 6.07) is 3.84. The fourth-order valence-corrected chi connectivity index (χ4v) is 1.24. The van der Waals surface area contributed by atoms with Crippen LogP contribution < -0.4 is 5.32 Å². The van der Waals surface area contributed by atoms with E-state index in [2.05, 4.69) is 5.32 Å². The Balaban J connectivity index is 2.59. The van der Waals surface area contributed by atoms with Crippen LogP contribution in [0.25, 0.3) is 0 Å². The van der Waals surface area contributed by atoms with Crippen LogP contribution in [-0.4, -0.2) is 12.5 Å². The van der Waals surface area contributed by atoms with E-state index in [1.165, 1.54) is 12.1 Å². The molecule has 0 bridgehead atoms.